The Hall–Kier alpha value is -4.84. The summed E-state index contributed by atoms with van der Waals surface area (Å²) in [5.41, 5.74) is 12.3. The number of hydrogen-bond acceptors (Lipinski definition) is 4. The fraction of sp³-hybridized carbons (Fsp3) is 0.125. The molecule has 2 N–H and O–H groups in total. The molecular formula is C32H28N6. The molecule has 7 rings (SSSR count). The average Bonchev–Trinajstić information content (AvgIpc) is 3.72. The van der Waals surface area contributed by atoms with Gasteiger partial charge in [-0.15, -0.1) is 0 Å². The summed E-state index contributed by atoms with van der Waals surface area (Å²) in [6.45, 7) is 1.71. The molecular weight excluding hydrogens is 468 g/mol. The van der Waals surface area contributed by atoms with Gasteiger partial charge in [-0.2, -0.15) is 0 Å². The van der Waals surface area contributed by atoms with Crippen molar-refractivity contribution < 1.29 is 0 Å². The Morgan fingerprint density at radius 1 is 0.605 bits per heavy atom. The molecule has 3 aromatic rings. The lowest BCUT2D eigenvalue weighted by Crippen LogP contribution is -2.13. The van der Waals surface area contributed by atoms with Crippen molar-refractivity contribution in [3.63, 3.8) is 0 Å². The first-order valence-electron chi connectivity index (χ1n) is 12.9. The molecule has 8 bridgehead atoms. The number of aromatic amines is 2. The van der Waals surface area contributed by atoms with E-state index in [-0.39, 0.29) is 0 Å². The van der Waals surface area contributed by atoms with E-state index in [0.29, 0.717) is 0 Å². The van der Waals surface area contributed by atoms with Gasteiger partial charge in [-0.1, -0.05) is 12.2 Å². The van der Waals surface area contributed by atoms with Crippen LogP contribution in [-0.4, -0.2) is 56.9 Å². The molecule has 0 aliphatic carbocycles. The SMILES string of the molecule is CN1C=CC(c2c3nc(c(C4=CCN(C)C=C4)c4ccc(cc5nc(cc6ccc2[nH]6)C=C5)[nH]4)C=C3)=CC1. The number of fused-ring (bicyclic) bond motifs is 8. The predicted octanol–water partition coefficient (Wildman–Crippen LogP) is 6.34. The highest BCUT2D eigenvalue weighted by molar-refractivity contribution is 5.95. The molecule has 186 valence electrons. The fourth-order valence-electron chi connectivity index (χ4n) is 5.21. The third-order valence-corrected chi connectivity index (χ3v) is 7.19. The maximum Gasteiger partial charge on any atom is 0.0737 e. The number of rotatable bonds is 2. The minimum absolute atomic E-state index is 0.854. The highest BCUT2D eigenvalue weighted by atomic mass is 15.1. The van der Waals surface area contributed by atoms with E-state index in [4.69, 9.17) is 9.97 Å². The summed E-state index contributed by atoms with van der Waals surface area (Å²) < 4.78 is 0. The first-order valence-corrected chi connectivity index (χ1v) is 12.9. The van der Waals surface area contributed by atoms with Gasteiger partial charge < -0.3 is 19.8 Å². The number of H-pyrrole nitrogens is 2. The second-order valence-electron chi connectivity index (χ2n) is 10.0. The lowest BCUT2D eigenvalue weighted by molar-refractivity contribution is 0.506. The lowest BCUT2D eigenvalue weighted by atomic mass is 10.0. The minimum Gasteiger partial charge on any atom is -0.377 e. The Labute approximate surface area is 221 Å². The molecule has 3 aromatic heterocycles. The smallest absolute Gasteiger partial charge is 0.0737 e. The number of hydrogen-bond donors (Lipinski definition) is 2. The maximum absolute atomic E-state index is 5.25. The van der Waals surface area contributed by atoms with Gasteiger partial charge >= 0.3 is 0 Å². The Morgan fingerprint density at radius 2 is 1.11 bits per heavy atom. The molecule has 6 nitrogen and oxygen atoms in total. The van der Waals surface area contributed by atoms with Crippen molar-refractivity contribution in [2.45, 2.75) is 0 Å². The van der Waals surface area contributed by atoms with Crippen LogP contribution >= 0.6 is 0 Å². The molecule has 0 unspecified atom stereocenters. The average molecular weight is 497 g/mol. The van der Waals surface area contributed by atoms with Crippen LogP contribution in [0.3, 0.4) is 0 Å². The summed E-state index contributed by atoms with van der Waals surface area (Å²) in [5, 5.41) is 0. The van der Waals surface area contributed by atoms with Crippen LogP contribution in [-0.2, 0) is 0 Å². The summed E-state index contributed by atoms with van der Waals surface area (Å²) in [6.07, 6.45) is 21.5. The van der Waals surface area contributed by atoms with Gasteiger partial charge in [-0.3, -0.25) is 0 Å². The van der Waals surface area contributed by atoms with Gasteiger partial charge in [0.15, 0.2) is 0 Å². The number of nitrogens with one attached hydrogen (secondary N) is 2. The summed E-state index contributed by atoms with van der Waals surface area (Å²) in [7, 11) is 4.17. The molecule has 0 fully saturated rings. The molecule has 38 heavy (non-hydrogen) atoms. The third-order valence-electron chi connectivity index (χ3n) is 7.19. The summed E-state index contributed by atoms with van der Waals surface area (Å²) in [5.74, 6) is 0. The Morgan fingerprint density at radius 3 is 1.55 bits per heavy atom. The molecule has 4 aliphatic heterocycles. The molecule has 0 saturated heterocycles. The first kappa shape index (κ1) is 22.4. The van der Waals surface area contributed by atoms with E-state index in [1.165, 1.54) is 0 Å². The standard InChI is InChI=1S/C32H28N6/c1-37-15-11-21(12-16-37)31-27-7-5-25(34-27)19-23-3-4-24(33-23)20-26-6-8-28(35-26)32(30-10-9-29(31)36-30)22-13-17-38(2)18-14-22/h3-15,17,19-20,34-35H,16,18H2,1-2H3. The zero-order chi connectivity index (χ0) is 25.6. The van der Waals surface area contributed by atoms with Gasteiger partial charge in [0.25, 0.3) is 0 Å². The Kier molecular flexibility index (Phi) is 5.25. The van der Waals surface area contributed by atoms with Crippen molar-refractivity contribution in [1.82, 2.24) is 29.7 Å². The molecule has 0 amide bonds. The number of allylic oxidation sites excluding steroid dienone is 4. The molecule has 0 aromatic carbocycles. The van der Waals surface area contributed by atoms with Gasteiger partial charge in [0, 0.05) is 60.4 Å². The van der Waals surface area contributed by atoms with Crippen molar-refractivity contribution in [1.29, 1.82) is 0 Å². The van der Waals surface area contributed by atoms with Crippen LogP contribution in [0.15, 0.2) is 73.1 Å². The van der Waals surface area contributed by atoms with Crippen molar-refractivity contribution in [2.75, 3.05) is 27.2 Å². The second kappa shape index (κ2) is 8.92. The van der Waals surface area contributed by atoms with Crippen LogP contribution in [0.25, 0.3) is 57.5 Å². The van der Waals surface area contributed by atoms with E-state index < -0.39 is 0 Å². The summed E-state index contributed by atoms with van der Waals surface area (Å²) in [4.78, 5) is 21.6. The molecule has 6 heteroatoms. The van der Waals surface area contributed by atoms with Crippen LogP contribution in [0.1, 0.15) is 33.9 Å². The predicted molar refractivity (Wildman–Crippen MR) is 158 cm³/mol. The summed E-state index contributed by atoms with van der Waals surface area (Å²) >= 11 is 0. The topological polar surface area (TPSA) is 63.8 Å². The Balaban J connectivity index is 1.58. The van der Waals surface area contributed by atoms with Gasteiger partial charge in [0.1, 0.15) is 0 Å². The Bertz CT molecular complexity index is 1680. The third kappa shape index (κ3) is 4.10. The molecule has 0 saturated carbocycles. The van der Waals surface area contributed by atoms with Gasteiger partial charge in [0.05, 0.1) is 22.8 Å². The van der Waals surface area contributed by atoms with E-state index in [1.54, 1.807) is 0 Å². The van der Waals surface area contributed by atoms with Crippen molar-refractivity contribution >= 4 is 57.5 Å². The number of likely N-dealkylation sites (N-methyl/N-ethyl adjacent to an activating group) is 2. The van der Waals surface area contributed by atoms with E-state index >= 15 is 0 Å². The monoisotopic (exact) mass is 496 g/mol. The van der Waals surface area contributed by atoms with E-state index in [9.17, 15) is 0 Å². The minimum atomic E-state index is 0.854. The maximum atomic E-state index is 5.25. The quantitative estimate of drug-likeness (QED) is 0.299. The second-order valence-corrected chi connectivity index (χ2v) is 10.0. The normalized spacial score (nSPS) is 16.3. The largest absolute Gasteiger partial charge is 0.377 e. The van der Waals surface area contributed by atoms with Crippen LogP contribution in [0, 0.1) is 0 Å². The van der Waals surface area contributed by atoms with Crippen LogP contribution < -0.4 is 0 Å². The van der Waals surface area contributed by atoms with Gasteiger partial charge in [-0.25, -0.2) is 9.97 Å². The molecule has 0 atom stereocenters. The van der Waals surface area contributed by atoms with Crippen molar-refractivity contribution in [3.05, 3.63) is 107 Å². The van der Waals surface area contributed by atoms with Gasteiger partial charge in [0.2, 0.25) is 0 Å². The van der Waals surface area contributed by atoms with E-state index in [0.717, 1.165) is 80.2 Å². The van der Waals surface area contributed by atoms with E-state index in [2.05, 4.69) is 131 Å². The first-order chi connectivity index (χ1) is 18.6. The zero-order valence-corrected chi connectivity index (χ0v) is 21.4. The molecule has 0 spiro atoms. The van der Waals surface area contributed by atoms with Crippen molar-refractivity contribution in [2.24, 2.45) is 0 Å². The summed E-state index contributed by atoms with van der Waals surface area (Å²) in [6, 6.07) is 12.7. The van der Waals surface area contributed by atoms with Gasteiger partial charge in [-0.05, 0) is 96.4 Å². The highest BCUT2D eigenvalue weighted by Crippen LogP contribution is 2.32. The van der Waals surface area contributed by atoms with Crippen LogP contribution in [0.4, 0.5) is 0 Å². The fourth-order valence-corrected chi connectivity index (χ4v) is 5.21. The lowest BCUT2D eigenvalue weighted by Gasteiger charge is -2.18. The number of aromatic nitrogens is 4. The molecule has 0 radical (unpaired) electrons. The molecule has 4 aliphatic rings. The van der Waals surface area contributed by atoms with Crippen LogP contribution in [0.5, 0.6) is 0 Å². The van der Waals surface area contributed by atoms with E-state index in [1.807, 2.05) is 0 Å². The highest BCUT2D eigenvalue weighted by Gasteiger charge is 2.17. The molecule has 7 heterocycles. The van der Waals surface area contributed by atoms with Crippen molar-refractivity contribution in [3.8, 4) is 0 Å². The number of nitrogens with zero attached hydrogens (tertiary/aromatic N) is 4. The zero-order valence-electron chi connectivity index (χ0n) is 21.4. The van der Waals surface area contributed by atoms with Crippen LogP contribution in [0.2, 0.25) is 0 Å².